The zero-order valence-corrected chi connectivity index (χ0v) is 18.2. The highest BCUT2D eigenvalue weighted by Crippen LogP contribution is 2.35. The number of hydrogen-bond acceptors (Lipinski definition) is 8. The summed E-state index contributed by atoms with van der Waals surface area (Å²) in [6, 6.07) is -0.690. The maximum Gasteiger partial charge on any atom is 0.279 e. The van der Waals surface area contributed by atoms with Crippen LogP contribution in [0.2, 0.25) is 0 Å². The normalized spacial score (nSPS) is 30.3. The van der Waals surface area contributed by atoms with Crippen LogP contribution in [0, 0.1) is 0 Å². The number of nitrogens with one attached hydrogen (secondary N) is 2. The summed E-state index contributed by atoms with van der Waals surface area (Å²) in [6.07, 6.45) is 4.09. The van der Waals surface area contributed by atoms with Crippen LogP contribution in [0.3, 0.4) is 0 Å². The number of alkyl halides is 1. The van der Waals surface area contributed by atoms with Crippen molar-refractivity contribution >= 4 is 28.1 Å². The molecule has 1 unspecified atom stereocenters. The van der Waals surface area contributed by atoms with Crippen LogP contribution in [0.1, 0.15) is 37.7 Å². The molecule has 10 nitrogen and oxygen atoms in total. The Kier molecular flexibility index (Phi) is 6.44. The number of aliphatic hydroxyl groups excluding tert-OH is 2. The van der Waals surface area contributed by atoms with E-state index in [0.717, 1.165) is 0 Å². The fourth-order valence-corrected chi connectivity index (χ4v) is 5.42. The highest BCUT2D eigenvalue weighted by atomic mass is 32.2. The molecular weight excluding hydrogens is 427 g/mol. The number of piperidine rings is 1. The number of fused-ring (bicyclic) bond motifs is 1. The van der Waals surface area contributed by atoms with E-state index in [1.165, 1.54) is 16.3 Å². The third kappa shape index (κ3) is 4.67. The molecule has 12 heteroatoms. The summed E-state index contributed by atoms with van der Waals surface area (Å²) in [5.41, 5.74) is 0.665. The molecule has 1 saturated carbocycles. The summed E-state index contributed by atoms with van der Waals surface area (Å²) < 4.78 is 42.3. The molecular formula is C19H29FN6O4S. The molecule has 1 aromatic heterocycles. The first-order valence-electron chi connectivity index (χ1n) is 10.6. The van der Waals surface area contributed by atoms with E-state index in [1.807, 2.05) is 0 Å². The van der Waals surface area contributed by atoms with Crippen LogP contribution in [0.5, 0.6) is 0 Å². The van der Waals surface area contributed by atoms with Crippen molar-refractivity contribution in [3.63, 3.8) is 0 Å². The van der Waals surface area contributed by atoms with Crippen molar-refractivity contribution in [1.82, 2.24) is 19.0 Å². The Hall–Kier alpha value is -1.86. The van der Waals surface area contributed by atoms with Gasteiger partial charge < -0.3 is 20.4 Å². The first kappa shape index (κ1) is 22.3. The van der Waals surface area contributed by atoms with E-state index in [9.17, 15) is 23.0 Å². The van der Waals surface area contributed by atoms with Crippen LogP contribution in [0.15, 0.2) is 12.3 Å². The molecule has 3 aliphatic rings. The van der Waals surface area contributed by atoms with Gasteiger partial charge in [0.1, 0.15) is 18.2 Å². The third-order valence-corrected chi connectivity index (χ3v) is 7.78. The van der Waals surface area contributed by atoms with Gasteiger partial charge in [-0.15, -0.1) is 0 Å². The summed E-state index contributed by atoms with van der Waals surface area (Å²) in [5, 5.41) is 23.8. The molecule has 0 amide bonds. The van der Waals surface area contributed by atoms with Gasteiger partial charge >= 0.3 is 0 Å². The third-order valence-electron chi connectivity index (χ3n) is 6.22. The molecule has 1 aromatic rings. The number of aliphatic hydroxyl groups is 2. The minimum atomic E-state index is -3.44. The number of halogens is 1. The fourth-order valence-electron chi connectivity index (χ4n) is 4.47. The van der Waals surface area contributed by atoms with E-state index in [0.29, 0.717) is 49.7 Å². The highest BCUT2D eigenvalue weighted by molar-refractivity contribution is 7.87. The number of anilines is 2. The van der Waals surface area contributed by atoms with E-state index < -0.39 is 34.8 Å². The van der Waals surface area contributed by atoms with Gasteiger partial charge in [0.25, 0.3) is 10.2 Å². The van der Waals surface area contributed by atoms with Crippen LogP contribution in [-0.2, 0) is 10.2 Å². The lowest BCUT2D eigenvalue weighted by molar-refractivity contribution is 0.0625. The van der Waals surface area contributed by atoms with Gasteiger partial charge in [-0.3, -0.25) is 0 Å². The van der Waals surface area contributed by atoms with Crippen molar-refractivity contribution in [1.29, 1.82) is 0 Å². The zero-order chi connectivity index (χ0) is 22.2. The van der Waals surface area contributed by atoms with Crippen molar-refractivity contribution in [3.8, 4) is 0 Å². The quantitative estimate of drug-likeness (QED) is 0.495. The molecule has 1 saturated heterocycles. The lowest BCUT2D eigenvalue weighted by atomic mass is 9.89. The molecule has 31 heavy (non-hydrogen) atoms. The molecule has 4 rings (SSSR count). The first-order valence-corrected chi connectivity index (χ1v) is 12.0. The highest BCUT2D eigenvalue weighted by Gasteiger charge is 2.39. The molecule has 2 fully saturated rings. The average Bonchev–Trinajstić information content (AvgIpc) is 2.76. The minimum absolute atomic E-state index is 0.00992. The van der Waals surface area contributed by atoms with Gasteiger partial charge in [0.15, 0.2) is 0 Å². The van der Waals surface area contributed by atoms with Crippen molar-refractivity contribution < 1.29 is 23.0 Å². The molecule has 0 bridgehead atoms. The van der Waals surface area contributed by atoms with E-state index in [2.05, 4.69) is 20.0 Å². The smallest absolute Gasteiger partial charge is 0.279 e. The minimum Gasteiger partial charge on any atom is -0.393 e. The average molecular weight is 457 g/mol. The summed E-state index contributed by atoms with van der Waals surface area (Å²) in [6.45, 7) is 0.756. The van der Waals surface area contributed by atoms with E-state index >= 15 is 0 Å². The Morgan fingerprint density at radius 2 is 1.94 bits per heavy atom. The maximum absolute atomic E-state index is 14.7. The van der Waals surface area contributed by atoms with E-state index in [-0.39, 0.29) is 18.9 Å². The van der Waals surface area contributed by atoms with Gasteiger partial charge in [0.05, 0.1) is 12.1 Å². The molecule has 4 atom stereocenters. The van der Waals surface area contributed by atoms with Crippen molar-refractivity contribution in [2.24, 2.45) is 0 Å². The molecule has 0 aromatic carbocycles. The van der Waals surface area contributed by atoms with Crippen LogP contribution in [0.25, 0.3) is 6.08 Å². The Morgan fingerprint density at radius 3 is 2.65 bits per heavy atom. The second-order valence-corrected chi connectivity index (χ2v) is 10.1. The van der Waals surface area contributed by atoms with Gasteiger partial charge in [-0.1, -0.05) is 0 Å². The van der Waals surface area contributed by atoms with Crippen molar-refractivity contribution in [3.05, 3.63) is 17.8 Å². The molecule has 4 N–H and O–H groups in total. The van der Waals surface area contributed by atoms with E-state index in [1.54, 1.807) is 18.3 Å². The van der Waals surface area contributed by atoms with Crippen molar-refractivity contribution in [2.75, 3.05) is 30.4 Å². The van der Waals surface area contributed by atoms with Crippen molar-refractivity contribution in [2.45, 2.75) is 62.7 Å². The van der Waals surface area contributed by atoms with Crippen LogP contribution < -0.4 is 14.9 Å². The lowest BCUT2D eigenvalue weighted by Crippen LogP contribution is -2.52. The first-order chi connectivity index (χ1) is 14.8. The molecule has 172 valence electrons. The molecule has 1 aliphatic carbocycles. The lowest BCUT2D eigenvalue weighted by Gasteiger charge is -2.42. The topological polar surface area (TPSA) is 131 Å². The summed E-state index contributed by atoms with van der Waals surface area (Å²) in [5.74, 6) is 0.761. The predicted octanol–water partition coefficient (Wildman–Crippen LogP) is 0.220. The number of aromatic nitrogens is 2. The number of nitrogens with zero attached hydrogens (tertiary/aromatic N) is 4. The van der Waals surface area contributed by atoms with Gasteiger partial charge in [0.2, 0.25) is 5.95 Å². The Balaban J connectivity index is 1.50. The molecule has 0 radical (unpaired) electrons. The Bertz CT molecular complexity index is 924. The predicted molar refractivity (Wildman–Crippen MR) is 114 cm³/mol. The Labute approximate surface area is 181 Å². The monoisotopic (exact) mass is 456 g/mol. The van der Waals surface area contributed by atoms with Crippen LogP contribution in [0.4, 0.5) is 16.2 Å². The van der Waals surface area contributed by atoms with Gasteiger partial charge in [-0.25, -0.2) is 14.1 Å². The van der Waals surface area contributed by atoms with Gasteiger partial charge in [-0.05, 0) is 44.3 Å². The SMILES string of the molecule is CNS(=O)(=O)N1CCC(Nc2ncc3c(n2)N([C@H]2C[C@H](O)CC[C@@H]2F)C(O)C=C3)CC1. The van der Waals surface area contributed by atoms with Crippen LogP contribution in [-0.4, -0.2) is 83.6 Å². The summed E-state index contributed by atoms with van der Waals surface area (Å²) in [4.78, 5) is 10.4. The number of hydrogen-bond donors (Lipinski definition) is 4. The second-order valence-electron chi connectivity index (χ2n) is 8.23. The van der Waals surface area contributed by atoms with Gasteiger partial charge in [-0.2, -0.15) is 17.7 Å². The molecule has 3 heterocycles. The molecule has 2 aliphatic heterocycles. The fraction of sp³-hybridized carbons (Fsp3) is 0.684. The summed E-state index contributed by atoms with van der Waals surface area (Å²) >= 11 is 0. The largest absolute Gasteiger partial charge is 0.393 e. The van der Waals surface area contributed by atoms with Crippen LogP contribution >= 0.6 is 0 Å². The second kappa shape index (κ2) is 8.94. The van der Waals surface area contributed by atoms with Gasteiger partial charge in [0, 0.05) is 37.9 Å². The maximum atomic E-state index is 14.7. The van der Waals surface area contributed by atoms with E-state index in [4.69, 9.17) is 0 Å². The molecule has 0 spiro atoms. The Morgan fingerprint density at radius 1 is 1.19 bits per heavy atom. The number of rotatable bonds is 5. The summed E-state index contributed by atoms with van der Waals surface area (Å²) in [7, 11) is -2.05. The zero-order valence-electron chi connectivity index (χ0n) is 17.4. The standard InChI is InChI=1S/C19H29FN6O4S/c1-21-31(29,30)25-8-6-13(7-9-25)23-19-22-11-12-2-5-17(28)26(18(12)24-19)16-10-14(27)3-4-15(16)20/h2,5,11,13-17,21,27-28H,3-4,6-10H2,1H3,(H,22,23,24)/t14-,15+,16+,17?/m1/s1.